The van der Waals surface area contributed by atoms with Gasteiger partial charge in [-0.05, 0) is 56.4 Å². The van der Waals surface area contributed by atoms with Gasteiger partial charge in [-0.25, -0.2) is 0 Å². The number of carbonyl (C=O) groups excluding carboxylic acids is 1. The minimum absolute atomic E-state index is 0.131. The van der Waals surface area contributed by atoms with Crippen molar-refractivity contribution in [1.29, 1.82) is 0 Å². The Balaban J connectivity index is 1.84. The second-order valence-electron chi connectivity index (χ2n) is 7.06. The summed E-state index contributed by atoms with van der Waals surface area (Å²) in [5.74, 6) is 0.658. The van der Waals surface area contributed by atoms with E-state index >= 15 is 0 Å². The molecule has 2 heterocycles. The molecule has 5 heteroatoms. The molecule has 0 spiro atoms. The van der Waals surface area contributed by atoms with E-state index in [2.05, 4.69) is 22.9 Å². The van der Waals surface area contributed by atoms with Crippen LogP contribution in [-0.2, 0) is 0 Å². The maximum absolute atomic E-state index is 13.3. The van der Waals surface area contributed by atoms with Crippen molar-refractivity contribution < 1.29 is 4.79 Å². The number of amides is 1. The molecule has 2 fully saturated rings. The number of hydrogen-bond acceptors (Lipinski definition) is 3. The van der Waals surface area contributed by atoms with E-state index in [0.717, 1.165) is 58.1 Å². The van der Waals surface area contributed by atoms with Gasteiger partial charge in [0, 0.05) is 40.6 Å². The molecule has 126 valence electrons. The van der Waals surface area contributed by atoms with Crippen LogP contribution >= 0.6 is 15.9 Å². The van der Waals surface area contributed by atoms with Gasteiger partial charge in [0.2, 0.25) is 0 Å². The zero-order valence-electron chi connectivity index (χ0n) is 13.9. The van der Waals surface area contributed by atoms with E-state index in [1.807, 2.05) is 23.1 Å². The first-order valence-corrected chi connectivity index (χ1v) is 9.48. The maximum atomic E-state index is 13.3. The summed E-state index contributed by atoms with van der Waals surface area (Å²) in [5.41, 5.74) is 9.92. The van der Waals surface area contributed by atoms with E-state index < -0.39 is 0 Å². The Hall–Kier alpha value is -1.46. The van der Waals surface area contributed by atoms with Crippen molar-refractivity contribution in [2.45, 2.75) is 44.6 Å². The largest absolute Gasteiger partial charge is 0.339 e. The molecule has 4 nitrogen and oxygen atoms in total. The predicted octanol–water partition coefficient (Wildman–Crippen LogP) is 3.75. The molecule has 0 atom stereocenters. The van der Waals surface area contributed by atoms with Crippen molar-refractivity contribution in [2.75, 3.05) is 13.1 Å². The lowest BCUT2D eigenvalue weighted by atomic mass is 9.97. The van der Waals surface area contributed by atoms with Crippen LogP contribution in [-0.4, -0.2) is 34.9 Å². The lowest BCUT2D eigenvalue weighted by molar-refractivity contribution is 0.0716. The highest BCUT2D eigenvalue weighted by Crippen LogP contribution is 2.42. The number of fused-ring (bicyclic) bond motifs is 1. The monoisotopic (exact) mass is 387 g/mol. The van der Waals surface area contributed by atoms with Crippen LogP contribution in [0.5, 0.6) is 0 Å². The van der Waals surface area contributed by atoms with E-state index in [-0.39, 0.29) is 11.9 Å². The molecule has 1 aromatic carbocycles. The van der Waals surface area contributed by atoms with Crippen LogP contribution in [0.15, 0.2) is 22.7 Å². The Kier molecular flexibility index (Phi) is 4.09. The average Bonchev–Trinajstić information content (AvgIpc) is 3.39. The molecule has 1 saturated heterocycles. The SMILES string of the molecule is Cc1c(C2CC2)nc2ccc(Br)cc2c1C(=O)N1CCC(N)CC1. The summed E-state index contributed by atoms with van der Waals surface area (Å²) in [7, 11) is 0. The quantitative estimate of drug-likeness (QED) is 0.853. The highest BCUT2D eigenvalue weighted by atomic mass is 79.9. The first kappa shape index (κ1) is 16.0. The van der Waals surface area contributed by atoms with E-state index in [0.29, 0.717) is 5.92 Å². The molecule has 2 aliphatic rings. The number of nitrogens with two attached hydrogens (primary N) is 1. The molecule has 0 bridgehead atoms. The van der Waals surface area contributed by atoms with Gasteiger partial charge < -0.3 is 10.6 Å². The molecule has 24 heavy (non-hydrogen) atoms. The van der Waals surface area contributed by atoms with Gasteiger partial charge in [-0.1, -0.05) is 15.9 Å². The molecular formula is C19H22BrN3O. The van der Waals surface area contributed by atoms with E-state index in [4.69, 9.17) is 10.7 Å². The third kappa shape index (κ3) is 2.84. The Morgan fingerprint density at radius 2 is 1.96 bits per heavy atom. The number of likely N-dealkylation sites (tertiary alicyclic amines) is 1. The highest BCUT2D eigenvalue weighted by Gasteiger charge is 2.31. The van der Waals surface area contributed by atoms with Crippen LogP contribution in [0.1, 0.15) is 53.2 Å². The zero-order valence-corrected chi connectivity index (χ0v) is 15.5. The molecule has 4 rings (SSSR count). The van der Waals surface area contributed by atoms with Gasteiger partial charge in [0.25, 0.3) is 5.91 Å². The van der Waals surface area contributed by atoms with Crippen molar-refractivity contribution >= 4 is 32.7 Å². The molecule has 0 radical (unpaired) electrons. The average molecular weight is 388 g/mol. The van der Waals surface area contributed by atoms with Crippen LogP contribution < -0.4 is 5.73 Å². The number of halogens is 1. The number of piperidine rings is 1. The fraction of sp³-hybridized carbons (Fsp3) is 0.474. The van der Waals surface area contributed by atoms with Crippen LogP contribution in [0, 0.1) is 6.92 Å². The minimum atomic E-state index is 0.131. The van der Waals surface area contributed by atoms with Crippen molar-refractivity contribution in [3.63, 3.8) is 0 Å². The van der Waals surface area contributed by atoms with Gasteiger partial charge in [0.1, 0.15) is 0 Å². The van der Waals surface area contributed by atoms with Crippen molar-refractivity contribution in [2.24, 2.45) is 5.73 Å². The molecule has 1 saturated carbocycles. The first-order chi connectivity index (χ1) is 11.5. The number of carbonyl (C=O) groups is 1. The van der Waals surface area contributed by atoms with Crippen molar-refractivity contribution in [3.8, 4) is 0 Å². The van der Waals surface area contributed by atoms with Gasteiger partial charge in [0.15, 0.2) is 0 Å². The third-order valence-corrected chi connectivity index (χ3v) is 5.73. The minimum Gasteiger partial charge on any atom is -0.339 e. The molecule has 1 amide bonds. The van der Waals surface area contributed by atoms with E-state index in [1.165, 1.54) is 12.8 Å². The summed E-state index contributed by atoms with van der Waals surface area (Å²) in [4.78, 5) is 20.1. The van der Waals surface area contributed by atoms with Crippen LogP contribution in [0.2, 0.25) is 0 Å². The fourth-order valence-electron chi connectivity index (χ4n) is 3.64. The number of nitrogens with zero attached hydrogens (tertiary/aromatic N) is 2. The van der Waals surface area contributed by atoms with Crippen LogP contribution in [0.3, 0.4) is 0 Å². The fourth-order valence-corrected chi connectivity index (χ4v) is 4.00. The molecule has 2 aromatic rings. The number of benzene rings is 1. The highest BCUT2D eigenvalue weighted by molar-refractivity contribution is 9.10. The normalized spacial score (nSPS) is 19.0. The number of hydrogen-bond donors (Lipinski definition) is 1. The summed E-state index contributed by atoms with van der Waals surface area (Å²) in [6.45, 7) is 3.55. The first-order valence-electron chi connectivity index (χ1n) is 8.69. The number of rotatable bonds is 2. The molecular weight excluding hydrogens is 366 g/mol. The van der Waals surface area contributed by atoms with Crippen LogP contribution in [0.25, 0.3) is 10.9 Å². The van der Waals surface area contributed by atoms with Gasteiger partial charge in [-0.2, -0.15) is 0 Å². The zero-order chi connectivity index (χ0) is 16.8. The molecule has 1 aliphatic heterocycles. The number of aromatic nitrogens is 1. The third-order valence-electron chi connectivity index (χ3n) is 5.23. The Morgan fingerprint density at radius 1 is 1.25 bits per heavy atom. The Bertz CT molecular complexity index is 808. The van der Waals surface area contributed by atoms with Crippen LogP contribution in [0.4, 0.5) is 0 Å². The van der Waals surface area contributed by atoms with Crippen molar-refractivity contribution in [1.82, 2.24) is 9.88 Å². The predicted molar refractivity (Wildman–Crippen MR) is 99.3 cm³/mol. The molecule has 2 N–H and O–H groups in total. The second-order valence-corrected chi connectivity index (χ2v) is 7.98. The van der Waals surface area contributed by atoms with Crippen molar-refractivity contribution in [3.05, 3.63) is 39.5 Å². The summed E-state index contributed by atoms with van der Waals surface area (Å²) in [6, 6.07) is 6.25. The summed E-state index contributed by atoms with van der Waals surface area (Å²) >= 11 is 3.53. The second kappa shape index (κ2) is 6.12. The standard InChI is InChI=1S/C19H22BrN3O/c1-11-17(19(24)23-8-6-14(21)7-9-23)15-10-13(20)4-5-16(15)22-18(11)12-2-3-12/h4-5,10,12,14H,2-3,6-9,21H2,1H3. The van der Waals surface area contributed by atoms with E-state index in [9.17, 15) is 4.79 Å². The Labute approximate surface area is 150 Å². The molecule has 1 aromatic heterocycles. The summed E-state index contributed by atoms with van der Waals surface area (Å²) < 4.78 is 0.977. The molecule has 1 aliphatic carbocycles. The smallest absolute Gasteiger partial charge is 0.254 e. The van der Waals surface area contributed by atoms with Gasteiger partial charge in [-0.15, -0.1) is 0 Å². The number of pyridine rings is 1. The van der Waals surface area contributed by atoms with Gasteiger partial charge >= 0.3 is 0 Å². The van der Waals surface area contributed by atoms with E-state index in [1.54, 1.807) is 0 Å². The summed E-state index contributed by atoms with van der Waals surface area (Å²) in [5, 5.41) is 0.950. The molecule has 0 unspecified atom stereocenters. The lowest BCUT2D eigenvalue weighted by Gasteiger charge is -2.31. The maximum Gasteiger partial charge on any atom is 0.254 e. The topological polar surface area (TPSA) is 59.2 Å². The van der Waals surface area contributed by atoms with Gasteiger partial charge in [0.05, 0.1) is 11.1 Å². The van der Waals surface area contributed by atoms with Gasteiger partial charge in [-0.3, -0.25) is 9.78 Å². The Morgan fingerprint density at radius 3 is 2.62 bits per heavy atom. The summed E-state index contributed by atoms with van der Waals surface area (Å²) in [6.07, 6.45) is 4.13. The lowest BCUT2D eigenvalue weighted by Crippen LogP contribution is -2.43.